The molecule has 0 aliphatic rings. The summed E-state index contributed by atoms with van der Waals surface area (Å²) < 4.78 is 5.30. The van der Waals surface area contributed by atoms with E-state index >= 15 is 0 Å². The zero-order valence-corrected chi connectivity index (χ0v) is 10.6. The van der Waals surface area contributed by atoms with Gasteiger partial charge in [-0.15, -0.1) is 6.58 Å². The maximum atomic E-state index is 11.3. The lowest BCUT2D eigenvalue weighted by molar-refractivity contribution is -0.122. The van der Waals surface area contributed by atoms with Crippen LogP contribution in [0.3, 0.4) is 0 Å². The van der Waals surface area contributed by atoms with E-state index in [4.69, 9.17) is 4.74 Å². The molecule has 1 aromatic rings. The summed E-state index contributed by atoms with van der Waals surface area (Å²) in [6.07, 6.45) is 3.24. The zero-order valence-electron chi connectivity index (χ0n) is 10.6. The second kappa shape index (κ2) is 8.25. The first kappa shape index (κ1) is 14.2. The molecule has 0 saturated carbocycles. The number of pyridine rings is 1. The summed E-state index contributed by atoms with van der Waals surface area (Å²) in [6.45, 7) is 7.63. The third-order valence-corrected chi connectivity index (χ3v) is 2.17. The Kier molecular flexibility index (Phi) is 6.50. The highest BCUT2D eigenvalue weighted by Crippen LogP contribution is 2.08. The molecule has 18 heavy (non-hydrogen) atoms. The van der Waals surface area contributed by atoms with Crippen LogP contribution in [0.25, 0.3) is 0 Å². The number of hydrogen-bond donors (Lipinski definition) is 2. The molecular formula is C13H19N3O2. The third kappa shape index (κ3) is 5.45. The number of nitrogens with one attached hydrogen (secondary N) is 2. The van der Waals surface area contributed by atoms with Crippen LogP contribution in [0.5, 0.6) is 5.75 Å². The summed E-state index contributed by atoms with van der Waals surface area (Å²) in [5, 5.41) is 5.81. The van der Waals surface area contributed by atoms with Crippen molar-refractivity contribution in [2.75, 3.05) is 19.7 Å². The van der Waals surface area contributed by atoms with E-state index in [1.54, 1.807) is 18.3 Å². The highest BCUT2D eigenvalue weighted by molar-refractivity contribution is 5.77. The molecule has 98 valence electrons. The Labute approximate surface area is 107 Å². The first-order chi connectivity index (χ1) is 8.76. The number of carbonyl (C=O) groups excluding carboxylic acids is 1. The lowest BCUT2D eigenvalue weighted by Crippen LogP contribution is -2.28. The van der Waals surface area contributed by atoms with Gasteiger partial charge in [0.25, 0.3) is 5.91 Å². The maximum absolute atomic E-state index is 11.3. The van der Waals surface area contributed by atoms with Crippen LogP contribution in [-0.4, -0.2) is 30.6 Å². The van der Waals surface area contributed by atoms with E-state index < -0.39 is 0 Å². The summed E-state index contributed by atoms with van der Waals surface area (Å²) in [6, 6.07) is 3.68. The second-order valence-electron chi connectivity index (χ2n) is 3.65. The molecule has 0 saturated heterocycles. The Balaban J connectivity index is 2.34. The molecule has 1 heterocycles. The van der Waals surface area contributed by atoms with E-state index in [9.17, 15) is 4.79 Å². The summed E-state index contributed by atoms with van der Waals surface area (Å²) in [5.74, 6) is 0.413. The van der Waals surface area contributed by atoms with Gasteiger partial charge in [-0.1, -0.05) is 13.0 Å². The Bertz CT molecular complexity index is 376. The van der Waals surface area contributed by atoms with Gasteiger partial charge in [0.05, 0.1) is 11.9 Å². The van der Waals surface area contributed by atoms with Crippen LogP contribution in [-0.2, 0) is 11.3 Å². The number of hydrogen-bond acceptors (Lipinski definition) is 4. The first-order valence-electron chi connectivity index (χ1n) is 5.92. The minimum atomic E-state index is -0.174. The first-order valence-corrected chi connectivity index (χ1v) is 5.92. The highest BCUT2D eigenvalue weighted by Gasteiger charge is 2.01. The molecule has 0 radical (unpaired) electrons. The van der Waals surface area contributed by atoms with Crippen LogP contribution < -0.4 is 15.4 Å². The van der Waals surface area contributed by atoms with Crippen LogP contribution >= 0.6 is 0 Å². The van der Waals surface area contributed by atoms with E-state index in [0.717, 1.165) is 18.8 Å². The summed E-state index contributed by atoms with van der Waals surface area (Å²) in [5.41, 5.74) is 0.945. The molecule has 0 fully saturated rings. The molecule has 0 spiro atoms. The standard InChI is InChI=1S/C13H19N3O2/c1-3-7-15-13(17)10-18-12-6-5-11(16-9-12)8-14-4-2/h3,5-6,9,14H,1,4,7-8,10H2,2H3,(H,15,17). The monoisotopic (exact) mass is 249 g/mol. The van der Waals surface area contributed by atoms with Crippen LogP contribution in [0.4, 0.5) is 0 Å². The molecular weight excluding hydrogens is 230 g/mol. The Morgan fingerprint density at radius 3 is 3.00 bits per heavy atom. The normalized spacial score (nSPS) is 9.83. The van der Waals surface area contributed by atoms with Crippen molar-refractivity contribution < 1.29 is 9.53 Å². The predicted octanol–water partition coefficient (Wildman–Crippen LogP) is 0.872. The summed E-state index contributed by atoms with van der Waals surface area (Å²) in [7, 11) is 0. The van der Waals surface area contributed by atoms with Crippen LogP contribution in [0.15, 0.2) is 31.0 Å². The molecule has 1 aromatic heterocycles. The van der Waals surface area contributed by atoms with Gasteiger partial charge in [-0.25, -0.2) is 0 Å². The van der Waals surface area contributed by atoms with Crippen LogP contribution in [0.1, 0.15) is 12.6 Å². The number of nitrogens with zero attached hydrogens (tertiary/aromatic N) is 1. The topological polar surface area (TPSA) is 63.2 Å². The van der Waals surface area contributed by atoms with Crippen LogP contribution in [0.2, 0.25) is 0 Å². The third-order valence-electron chi connectivity index (χ3n) is 2.17. The molecule has 0 aromatic carbocycles. The van der Waals surface area contributed by atoms with Gasteiger partial charge < -0.3 is 15.4 Å². The fourth-order valence-corrected chi connectivity index (χ4v) is 1.24. The Morgan fingerprint density at radius 1 is 1.56 bits per heavy atom. The van der Waals surface area contributed by atoms with Gasteiger partial charge in [0.2, 0.25) is 0 Å². The van der Waals surface area contributed by atoms with E-state index in [0.29, 0.717) is 12.3 Å². The Morgan fingerprint density at radius 2 is 2.39 bits per heavy atom. The number of aromatic nitrogens is 1. The van der Waals surface area contributed by atoms with Gasteiger partial charge in [-0.05, 0) is 18.7 Å². The Hall–Kier alpha value is -1.88. The number of rotatable bonds is 8. The van der Waals surface area contributed by atoms with Gasteiger partial charge in [0.1, 0.15) is 5.75 Å². The van der Waals surface area contributed by atoms with E-state index in [1.807, 2.05) is 13.0 Å². The molecule has 0 aliphatic heterocycles. The van der Waals surface area contributed by atoms with Crippen molar-refractivity contribution in [2.45, 2.75) is 13.5 Å². The maximum Gasteiger partial charge on any atom is 0.258 e. The summed E-state index contributed by atoms with van der Waals surface area (Å²) in [4.78, 5) is 15.5. The van der Waals surface area contributed by atoms with Gasteiger partial charge >= 0.3 is 0 Å². The average molecular weight is 249 g/mol. The highest BCUT2D eigenvalue weighted by atomic mass is 16.5. The fourth-order valence-electron chi connectivity index (χ4n) is 1.24. The molecule has 0 bridgehead atoms. The van der Waals surface area contributed by atoms with Gasteiger partial charge in [-0.3, -0.25) is 9.78 Å². The van der Waals surface area contributed by atoms with Gasteiger partial charge in [-0.2, -0.15) is 0 Å². The molecule has 0 unspecified atom stereocenters. The minimum absolute atomic E-state index is 0.0118. The average Bonchev–Trinajstić information content (AvgIpc) is 2.41. The van der Waals surface area contributed by atoms with Gasteiger partial charge in [0.15, 0.2) is 6.61 Å². The lowest BCUT2D eigenvalue weighted by atomic mass is 10.3. The molecule has 5 nitrogen and oxygen atoms in total. The number of ether oxygens (including phenoxy) is 1. The second-order valence-corrected chi connectivity index (χ2v) is 3.65. The van der Waals surface area contributed by atoms with Crippen molar-refractivity contribution in [3.8, 4) is 5.75 Å². The van der Waals surface area contributed by atoms with Crippen molar-refractivity contribution in [3.05, 3.63) is 36.7 Å². The van der Waals surface area contributed by atoms with Crippen molar-refractivity contribution in [1.82, 2.24) is 15.6 Å². The summed E-state index contributed by atoms with van der Waals surface area (Å²) >= 11 is 0. The molecule has 0 aliphatic carbocycles. The number of carbonyl (C=O) groups is 1. The molecule has 1 rings (SSSR count). The zero-order chi connectivity index (χ0) is 13.2. The lowest BCUT2D eigenvalue weighted by Gasteiger charge is -2.06. The number of amides is 1. The predicted molar refractivity (Wildman–Crippen MR) is 70.3 cm³/mol. The largest absolute Gasteiger partial charge is 0.482 e. The van der Waals surface area contributed by atoms with Gasteiger partial charge in [0, 0.05) is 13.1 Å². The van der Waals surface area contributed by atoms with Crippen molar-refractivity contribution in [3.63, 3.8) is 0 Å². The van der Waals surface area contributed by atoms with E-state index in [2.05, 4.69) is 22.2 Å². The SMILES string of the molecule is C=CCNC(=O)COc1ccc(CNCC)nc1. The molecule has 5 heteroatoms. The smallest absolute Gasteiger partial charge is 0.258 e. The van der Waals surface area contributed by atoms with Crippen molar-refractivity contribution >= 4 is 5.91 Å². The fraction of sp³-hybridized carbons (Fsp3) is 0.385. The van der Waals surface area contributed by atoms with Crippen molar-refractivity contribution in [2.24, 2.45) is 0 Å². The van der Waals surface area contributed by atoms with E-state index in [-0.39, 0.29) is 12.5 Å². The van der Waals surface area contributed by atoms with E-state index in [1.165, 1.54) is 0 Å². The molecule has 2 N–H and O–H groups in total. The minimum Gasteiger partial charge on any atom is -0.482 e. The van der Waals surface area contributed by atoms with Crippen molar-refractivity contribution in [1.29, 1.82) is 0 Å². The quantitative estimate of drug-likeness (QED) is 0.671. The molecule has 0 atom stereocenters. The van der Waals surface area contributed by atoms with Crippen LogP contribution in [0, 0.1) is 0 Å². The molecule has 1 amide bonds.